The molecule has 0 aliphatic rings. The predicted octanol–water partition coefficient (Wildman–Crippen LogP) is 1.75. The highest BCUT2D eigenvalue weighted by Gasteiger charge is 2.04. The summed E-state index contributed by atoms with van der Waals surface area (Å²) in [5, 5.41) is 7.43. The van der Waals surface area contributed by atoms with Crippen LogP contribution in [0.2, 0.25) is 0 Å². The van der Waals surface area contributed by atoms with Gasteiger partial charge in [-0.15, -0.1) is 5.10 Å². The van der Waals surface area contributed by atoms with Crippen molar-refractivity contribution in [1.82, 2.24) is 10.2 Å². The van der Waals surface area contributed by atoms with Gasteiger partial charge in [-0.3, -0.25) is 0 Å². The maximum absolute atomic E-state index is 5.34. The van der Waals surface area contributed by atoms with Gasteiger partial charge >= 0.3 is 6.01 Å². The first-order valence-electron chi connectivity index (χ1n) is 4.88. The van der Waals surface area contributed by atoms with E-state index >= 15 is 0 Å². The second-order valence-electron chi connectivity index (χ2n) is 3.46. The third-order valence-electron chi connectivity index (χ3n) is 2.35. The number of nitrogens with two attached hydrogens (primary N) is 1. The fourth-order valence-electron chi connectivity index (χ4n) is 1.50. The van der Waals surface area contributed by atoms with E-state index in [9.17, 15) is 0 Å². The molecule has 0 atom stereocenters. The van der Waals surface area contributed by atoms with Crippen LogP contribution in [0.5, 0.6) is 0 Å². The Balaban J connectivity index is 2.02. The van der Waals surface area contributed by atoms with Crippen LogP contribution in [0, 0.1) is 6.92 Å². The van der Waals surface area contributed by atoms with Crippen LogP contribution in [-0.4, -0.2) is 10.2 Å². The summed E-state index contributed by atoms with van der Waals surface area (Å²) >= 11 is 0. The molecule has 0 unspecified atom stereocenters. The van der Waals surface area contributed by atoms with Crippen LogP contribution in [0.4, 0.5) is 6.01 Å². The summed E-state index contributed by atoms with van der Waals surface area (Å²) in [4.78, 5) is 0. The molecule has 1 aromatic heterocycles. The summed E-state index contributed by atoms with van der Waals surface area (Å²) in [5.74, 6) is 0.593. The molecule has 0 bridgehead atoms. The molecule has 4 nitrogen and oxygen atoms in total. The van der Waals surface area contributed by atoms with Crippen LogP contribution >= 0.6 is 0 Å². The minimum Gasteiger partial charge on any atom is -0.408 e. The number of aromatic nitrogens is 2. The monoisotopic (exact) mass is 203 g/mol. The van der Waals surface area contributed by atoms with E-state index in [-0.39, 0.29) is 6.01 Å². The summed E-state index contributed by atoms with van der Waals surface area (Å²) in [6.07, 6.45) is 1.63. The number of hydrogen-bond acceptors (Lipinski definition) is 4. The van der Waals surface area contributed by atoms with Gasteiger partial charge in [0.15, 0.2) is 0 Å². The van der Waals surface area contributed by atoms with E-state index in [0.29, 0.717) is 5.89 Å². The quantitative estimate of drug-likeness (QED) is 0.825. The summed E-state index contributed by atoms with van der Waals surface area (Å²) < 4.78 is 5.10. The van der Waals surface area contributed by atoms with Crippen molar-refractivity contribution in [3.8, 4) is 0 Å². The van der Waals surface area contributed by atoms with Gasteiger partial charge in [-0.1, -0.05) is 29.4 Å². The largest absolute Gasteiger partial charge is 0.408 e. The lowest BCUT2D eigenvalue weighted by Gasteiger charge is -2.02. The Labute approximate surface area is 88.1 Å². The smallest absolute Gasteiger partial charge is 0.312 e. The van der Waals surface area contributed by atoms with E-state index in [0.717, 1.165) is 12.8 Å². The SMILES string of the molecule is Cc1ccccc1CCc1nnc(N)o1. The van der Waals surface area contributed by atoms with Crippen molar-refractivity contribution in [3.05, 3.63) is 41.3 Å². The fraction of sp³-hybridized carbons (Fsp3) is 0.273. The zero-order chi connectivity index (χ0) is 10.7. The molecule has 0 spiro atoms. The van der Waals surface area contributed by atoms with Crippen molar-refractivity contribution >= 4 is 6.01 Å². The normalized spacial score (nSPS) is 10.5. The maximum atomic E-state index is 5.34. The summed E-state index contributed by atoms with van der Waals surface area (Å²) in [5.41, 5.74) is 7.92. The first-order chi connectivity index (χ1) is 7.25. The highest BCUT2D eigenvalue weighted by atomic mass is 16.4. The van der Waals surface area contributed by atoms with E-state index in [1.807, 2.05) is 12.1 Å². The fourth-order valence-corrected chi connectivity index (χ4v) is 1.50. The van der Waals surface area contributed by atoms with Crippen molar-refractivity contribution in [1.29, 1.82) is 0 Å². The van der Waals surface area contributed by atoms with Gasteiger partial charge in [0.05, 0.1) is 0 Å². The molecule has 2 aromatic rings. The number of benzene rings is 1. The first-order valence-corrected chi connectivity index (χ1v) is 4.88. The van der Waals surface area contributed by atoms with E-state index in [2.05, 4.69) is 29.3 Å². The van der Waals surface area contributed by atoms with Gasteiger partial charge in [-0.05, 0) is 24.5 Å². The summed E-state index contributed by atoms with van der Waals surface area (Å²) in [7, 11) is 0. The number of aryl methyl sites for hydroxylation is 3. The molecule has 4 heteroatoms. The highest BCUT2D eigenvalue weighted by Crippen LogP contribution is 2.11. The average Bonchev–Trinajstić information content (AvgIpc) is 2.63. The molecule has 0 saturated carbocycles. The second-order valence-corrected chi connectivity index (χ2v) is 3.46. The Bertz CT molecular complexity index is 451. The van der Waals surface area contributed by atoms with Gasteiger partial charge in [0, 0.05) is 6.42 Å². The highest BCUT2D eigenvalue weighted by molar-refractivity contribution is 5.25. The van der Waals surface area contributed by atoms with Crippen molar-refractivity contribution in [2.45, 2.75) is 19.8 Å². The Morgan fingerprint density at radius 1 is 1.20 bits per heavy atom. The molecule has 2 N–H and O–H groups in total. The number of hydrogen-bond donors (Lipinski definition) is 1. The van der Waals surface area contributed by atoms with Crippen molar-refractivity contribution in [2.75, 3.05) is 5.73 Å². The molecular formula is C11H13N3O. The van der Waals surface area contributed by atoms with Gasteiger partial charge in [0.25, 0.3) is 0 Å². The van der Waals surface area contributed by atoms with Crippen molar-refractivity contribution in [2.24, 2.45) is 0 Å². The molecule has 0 saturated heterocycles. The molecule has 0 amide bonds. The predicted molar refractivity (Wildman–Crippen MR) is 57.3 cm³/mol. The lowest BCUT2D eigenvalue weighted by Crippen LogP contribution is -1.94. The zero-order valence-electron chi connectivity index (χ0n) is 8.60. The van der Waals surface area contributed by atoms with Crippen LogP contribution < -0.4 is 5.73 Å². The van der Waals surface area contributed by atoms with Gasteiger partial charge < -0.3 is 10.2 Å². The zero-order valence-corrected chi connectivity index (χ0v) is 8.60. The molecule has 1 heterocycles. The molecule has 78 valence electrons. The maximum Gasteiger partial charge on any atom is 0.312 e. The molecule has 1 aromatic carbocycles. The standard InChI is InChI=1S/C11H13N3O/c1-8-4-2-3-5-9(8)6-7-10-13-14-11(12)15-10/h2-5H,6-7H2,1H3,(H2,12,14). The Morgan fingerprint density at radius 3 is 2.67 bits per heavy atom. The second kappa shape index (κ2) is 4.13. The number of nitrogens with zero attached hydrogens (tertiary/aromatic N) is 2. The van der Waals surface area contributed by atoms with Gasteiger partial charge in [-0.2, -0.15) is 0 Å². The van der Waals surface area contributed by atoms with E-state index in [4.69, 9.17) is 10.2 Å². The van der Waals surface area contributed by atoms with Crippen LogP contribution in [0.15, 0.2) is 28.7 Å². The molecule has 0 aliphatic heterocycles. The molecule has 0 aliphatic carbocycles. The van der Waals surface area contributed by atoms with Crippen molar-refractivity contribution in [3.63, 3.8) is 0 Å². The molecule has 2 rings (SSSR count). The third kappa shape index (κ3) is 2.34. The van der Waals surface area contributed by atoms with Gasteiger partial charge in [-0.25, -0.2) is 0 Å². The minimum absolute atomic E-state index is 0.134. The van der Waals surface area contributed by atoms with E-state index in [1.165, 1.54) is 11.1 Å². The molecule has 0 fully saturated rings. The number of anilines is 1. The summed E-state index contributed by atoms with van der Waals surface area (Å²) in [6, 6.07) is 8.40. The van der Waals surface area contributed by atoms with Crippen LogP contribution in [-0.2, 0) is 12.8 Å². The van der Waals surface area contributed by atoms with Gasteiger partial charge in [0.2, 0.25) is 5.89 Å². The third-order valence-corrected chi connectivity index (χ3v) is 2.35. The lowest BCUT2D eigenvalue weighted by atomic mass is 10.0. The Morgan fingerprint density at radius 2 is 2.00 bits per heavy atom. The summed E-state index contributed by atoms with van der Waals surface area (Å²) in [6.45, 7) is 2.09. The Kier molecular flexibility index (Phi) is 2.67. The topological polar surface area (TPSA) is 64.9 Å². The van der Waals surface area contributed by atoms with E-state index < -0.39 is 0 Å². The molecule has 0 radical (unpaired) electrons. The molecule has 15 heavy (non-hydrogen) atoms. The van der Waals surface area contributed by atoms with Crippen LogP contribution in [0.3, 0.4) is 0 Å². The average molecular weight is 203 g/mol. The van der Waals surface area contributed by atoms with Crippen LogP contribution in [0.25, 0.3) is 0 Å². The molecular weight excluding hydrogens is 190 g/mol. The number of rotatable bonds is 3. The number of nitrogen functional groups attached to an aromatic ring is 1. The minimum atomic E-state index is 0.134. The Hall–Kier alpha value is -1.84. The lowest BCUT2D eigenvalue weighted by molar-refractivity contribution is 0.508. The first kappa shape index (κ1) is 9.71. The van der Waals surface area contributed by atoms with Gasteiger partial charge in [0.1, 0.15) is 0 Å². The van der Waals surface area contributed by atoms with Crippen molar-refractivity contribution < 1.29 is 4.42 Å². The van der Waals surface area contributed by atoms with E-state index in [1.54, 1.807) is 0 Å². The van der Waals surface area contributed by atoms with Crippen LogP contribution in [0.1, 0.15) is 17.0 Å².